The molecular formula is C23H19ClN2O3S. The highest BCUT2D eigenvalue weighted by molar-refractivity contribution is 8.00. The van der Waals surface area contributed by atoms with Crippen molar-refractivity contribution in [2.45, 2.75) is 5.37 Å². The summed E-state index contributed by atoms with van der Waals surface area (Å²) in [5.41, 5.74) is 2.83. The molecule has 1 fully saturated rings. The van der Waals surface area contributed by atoms with Crippen LogP contribution in [0.4, 0.5) is 11.4 Å². The average molecular weight is 439 g/mol. The molecule has 0 spiro atoms. The molecule has 4 rings (SSSR count). The summed E-state index contributed by atoms with van der Waals surface area (Å²) in [6.45, 7) is 0. The van der Waals surface area contributed by atoms with Crippen molar-refractivity contribution in [1.29, 1.82) is 0 Å². The summed E-state index contributed by atoms with van der Waals surface area (Å²) in [5, 5.41) is 3.28. The highest BCUT2D eigenvalue weighted by atomic mass is 35.5. The van der Waals surface area contributed by atoms with E-state index in [9.17, 15) is 9.59 Å². The van der Waals surface area contributed by atoms with Crippen LogP contribution in [-0.2, 0) is 4.79 Å². The number of nitrogens with zero attached hydrogens (tertiary/aromatic N) is 1. The number of hydrogen-bond acceptors (Lipinski definition) is 4. The Kier molecular flexibility index (Phi) is 5.97. The van der Waals surface area contributed by atoms with E-state index in [4.69, 9.17) is 16.3 Å². The first-order chi connectivity index (χ1) is 14.6. The van der Waals surface area contributed by atoms with E-state index in [0.717, 1.165) is 11.3 Å². The first-order valence-corrected chi connectivity index (χ1v) is 10.7. The number of nitrogens with one attached hydrogen (secondary N) is 1. The maximum absolute atomic E-state index is 12.7. The molecule has 152 valence electrons. The molecular weight excluding hydrogens is 420 g/mol. The fraction of sp³-hybridized carbons (Fsp3) is 0.130. The molecule has 0 saturated carbocycles. The molecule has 30 heavy (non-hydrogen) atoms. The Bertz CT molecular complexity index is 1090. The van der Waals surface area contributed by atoms with Gasteiger partial charge in [0.1, 0.15) is 11.1 Å². The van der Waals surface area contributed by atoms with Gasteiger partial charge in [-0.1, -0.05) is 35.9 Å². The van der Waals surface area contributed by atoms with Crippen molar-refractivity contribution in [3.8, 4) is 5.75 Å². The number of benzene rings is 3. The standard InChI is InChI=1S/C23H19ClN2O3S/c1-29-20-8-3-2-7-19(20)26-21(27)14-30-23(26)16-5-4-6-18(13-16)25-22(28)15-9-11-17(24)12-10-15/h2-13,23H,14H2,1H3,(H,25,28)/t23-/m1/s1. The number of thioether (sulfide) groups is 1. The van der Waals surface area contributed by atoms with E-state index in [-0.39, 0.29) is 17.2 Å². The number of hydrogen-bond donors (Lipinski definition) is 1. The summed E-state index contributed by atoms with van der Waals surface area (Å²) in [5.74, 6) is 0.820. The number of anilines is 2. The third-order valence-corrected chi connectivity index (χ3v) is 6.21. The van der Waals surface area contributed by atoms with Crippen molar-refractivity contribution < 1.29 is 14.3 Å². The lowest BCUT2D eigenvalue weighted by atomic mass is 10.1. The lowest BCUT2D eigenvalue weighted by Crippen LogP contribution is -2.28. The fourth-order valence-electron chi connectivity index (χ4n) is 3.33. The zero-order valence-corrected chi connectivity index (χ0v) is 17.7. The minimum Gasteiger partial charge on any atom is -0.495 e. The summed E-state index contributed by atoms with van der Waals surface area (Å²) in [7, 11) is 1.59. The Morgan fingerprint density at radius 1 is 1.10 bits per heavy atom. The normalized spacial score (nSPS) is 15.9. The van der Waals surface area contributed by atoms with Crippen LogP contribution in [0.25, 0.3) is 0 Å². The van der Waals surface area contributed by atoms with Gasteiger partial charge in [-0.05, 0) is 54.1 Å². The Balaban J connectivity index is 1.60. The van der Waals surface area contributed by atoms with Gasteiger partial charge in [0.05, 0.1) is 18.6 Å². The monoisotopic (exact) mass is 438 g/mol. The lowest BCUT2D eigenvalue weighted by molar-refractivity contribution is -0.115. The molecule has 3 aromatic carbocycles. The molecule has 1 saturated heterocycles. The van der Waals surface area contributed by atoms with Gasteiger partial charge < -0.3 is 10.1 Å². The molecule has 0 unspecified atom stereocenters. The second kappa shape index (κ2) is 8.81. The van der Waals surface area contributed by atoms with Crippen LogP contribution >= 0.6 is 23.4 Å². The molecule has 1 heterocycles. The van der Waals surface area contributed by atoms with Gasteiger partial charge >= 0.3 is 0 Å². The summed E-state index contributed by atoms with van der Waals surface area (Å²) in [6, 6.07) is 21.7. The predicted molar refractivity (Wildman–Crippen MR) is 122 cm³/mol. The average Bonchev–Trinajstić information content (AvgIpc) is 3.15. The third-order valence-electron chi connectivity index (χ3n) is 4.75. The van der Waals surface area contributed by atoms with Crippen molar-refractivity contribution >= 4 is 46.6 Å². The molecule has 2 amide bonds. The van der Waals surface area contributed by atoms with E-state index >= 15 is 0 Å². The lowest BCUT2D eigenvalue weighted by Gasteiger charge is -2.26. The maximum atomic E-state index is 12.7. The van der Waals surface area contributed by atoms with Crippen LogP contribution in [0.5, 0.6) is 5.75 Å². The zero-order valence-electron chi connectivity index (χ0n) is 16.2. The molecule has 0 aliphatic carbocycles. The SMILES string of the molecule is COc1ccccc1N1C(=O)CS[C@@H]1c1cccc(NC(=O)c2ccc(Cl)cc2)c1. The summed E-state index contributed by atoms with van der Waals surface area (Å²) < 4.78 is 5.45. The minimum absolute atomic E-state index is 0.0186. The number of rotatable bonds is 5. The van der Waals surface area contributed by atoms with E-state index < -0.39 is 0 Å². The van der Waals surface area contributed by atoms with Crippen molar-refractivity contribution in [3.05, 3.63) is 88.9 Å². The molecule has 1 atom stereocenters. The van der Waals surface area contributed by atoms with Crippen LogP contribution in [0.1, 0.15) is 21.3 Å². The van der Waals surface area contributed by atoms with Crippen LogP contribution in [0, 0.1) is 0 Å². The summed E-state index contributed by atoms with van der Waals surface area (Å²) >= 11 is 7.44. The Morgan fingerprint density at radius 2 is 1.87 bits per heavy atom. The quantitative estimate of drug-likeness (QED) is 0.581. The first kappa shape index (κ1) is 20.3. The fourth-order valence-corrected chi connectivity index (χ4v) is 4.62. The molecule has 0 radical (unpaired) electrons. The molecule has 1 N–H and O–H groups in total. The number of carbonyl (C=O) groups excluding carboxylic acids is 2. The second-order valence-corrected chi connectivity index (χ2v) is 8.19. The van der Waals surface area contributed by atoms with Gasteiger partial charge in [-0.25, -0.2) is 0 Å². The van der Waals surface area contributed by atoms with Crippen LogP contribution in [0.15, 0.2) is 72.8 Å². The zero-order chi connectivity index (χ0) is 21.1. The van der Waals surface area contributed by atoms with Gasteiger partial charge in [-0.2, -0.15) is 0 Å². The van der Waals surface area contributed by atoms with Crippen LogP contribution in [0.2, 0.25) is 5.02 Å². The van der Waals surface area contributed by atoms with Gasteiger partial charge in [0.2, 0.25) is 5.91 Å². The molecule has 1 aliphatic rings. The van der Waals surface area contributed by atoms with E-state index in [0.29, 0.717) is 27.8 Å². The number of para-hydroxylation sites is 2. The van der Waals surface area contributed by atoms with Crippen LogP contribution in [0.3, 0.4) is 0 Å². The summed E-state index contributed by atoms with van der Waals surface area (Å²) in [6.07, 6.45) is 0. The van der Waals surface area contributed by atoms with Gasteiger partial charge in [0.25, 0.3) is 5.91 Å². The number of methoxy groups -OCH3 is 1. The van der Waals surface area contributed by atoms with Crippen molar-refractivity contribution in [2.24, 2.45) is 0 Å². The number of halogens is 1. The number of ether oxygens (including phenoxy) is 1. The molecule has 0 bridgehead atoms. The Hall–Kier alpha value is -2.96. The van der Waals surface area contributed by atoms with E-state index in [1.807, 2.05) is 48.5 Å². The van der Waals surface area contributed by atoms with Crippen LogP contribution < -0.4 is 15.0 Å². The number of carbonyl (C=O) groups is 2. The van der Waals surface area contributed by atoms with Gasteiger partial charge in [-0.15, -0.1) is 11.8 Å². The number of amides is 2. The Labute approximate surface area is 184 Å². The largest absolute Gasteiger partial charge is 0.495 e. The first-order valence-electron chi connectivity index (χ1n) is 9.30. The molecule has 3 aromatic rings. The molecule has 0 aromatic heterocycles. The molecule has 1 aliphatic heterocycles. The van der Waals surface area contributed by atoms with E-state index in [1.54, 1.807) is 48.0 Å². The predicted octanol–water partition coefficient (Wildman–Crippen LogP) is 5.38. The smallest absolute Gasteiger partial charge is 0.255 e. The Morgan fingerprint density at radius 3 is 2.63 bits per heavy atom. The van der Waals surface area contributed by atoms with Gasteiger partial charge in [-0.3, -0.25) is 14.5 Å². The van der Waals surface area contributed by atoms with Crippen molar-refractivity contribution in [3.63, 3.8) is 0 Å². The van der Waals surface area contributed by atoms with Crippen LogP contribution in [-0.4, -0.2) is 24.7 Å². The minimum atomic E-state index is -0.222. The van der Waals surface area contributed by atoms with Crippen molar-refractivity contribution in [1.82, 2.24) is 0 Å². The third kappa shape index (κ3) is 4.15. The highest BCUT2D eigenvalue weighted by Gasteiger charge is 2.35. The molecule has 7 heteroatoms. The van der Waals surface area contributed by atoms with E-state index in [1.165, 1.54) is 0 Å². The van der Waals surface area contributed by atoms with Gasteiger partial charge in [0.15, 0.2) is 0 Å². The topological polar surface area (TPSA) is 58.6 Å². The van der Waals surface area contributed by atoms with E-state index in [2.05, 4.69) is 5.32 Å². The summed E-state index contributed by atoms with van der Waals surface area (Å²) in [4.78, 5) is 27.0. The van der Waals surface area contributed by atoms with Gasteiger partial charge in [0, 0.05) is 16.3 Å². The van der Waals surface area contributed by atoms with Crippen molar-refractivity contribution in [2.75, 3.05) is 23.1 Å². The molecule has 5 nitrogen and oxygen atoms in total. The maximum Gasteiger partial charge on any atom is 0.255 e. The second-order valence-electron chi connectivity index (χ2n) is 6.69. The highest BCUT2D eigenvalue weighted by Crippen LogP contribution is 2.45.